The highest BCUT2D eigenvalue weighted by Gasteiger charge is 2.46. The molecule has 0 aliphatic carbocycles. The molecule has 0 aromatic carbocycles. The molecular weight excluding hydrogens is 264 g/mol. The lowest BCUT2D eigenvalue weighted by Crippen LogP contribution is -2.37. The van der Waals surface area contributed by atoms with E-state index >= 15 is 0 Å². The Hall–Kier alpha value is -1.15. The Morgan fingerprint density at radius 2 is 2.33 bits per heavy atom. The summed E-state index contributed by atoms with van der Waals surface area (Å²) in [6.07, 6.45) is -0.611. The third-order valence-electron chi connectivity index (χ3n) is 2.94. The number of rotatable bonds is 3. The minimum Gasteiger partial charge on any atom is -0.393 e. The zero-order valence-electron chi connectivity index (χ0n) is 9.38. The van der Waals surface area contributed by atoms with E-state index in [-0.39, 0.29) is 18.9 Å². The Labute approximate surface area is 107 Å². The molecule has 2 rings (SSSR count). The first-order chi connectivity index (χ1) is 8.51. The first-order valence-corrected chi connectivity index (χ1v) is 5.89. The Morgan fingerprint density at radius 3 is 2.83 bits per heavy atom. The zero-order valence-corrected chi connectivity index (χ0v) is 10.1. The van der Waals surface area contributed by atoms with Crippen molar-refractivity contribution in [2.24, 2.45) is 0 Å². The van der Waals surface area contributed by atoms with E-state index in [0.29, 0.717) is 0 Å². The molecule has 1 saturated heterocycles. The predicted octanol–water partition coefficient (Wildman–Crippen LogP) is -1.21. The number of hydrogen-bond acceptors (Lipinski definition) is 5. The number of ether oxygens (including phenoxy) is 1. The van der Waals surface area contributed by atoms with Gasteiger partial charge in [0.05, 0.1) is 12.5 Å². The highest BCUT2D eigenvalue weighted by atomic mass is 35.5. The first-order valence-electron chi connectivity index (χ1n) is 5.35. The number of alkyl halides is 1. The smallest absolute Gasteiger partial charge is 0.330 e. The van der Waals surface area contributed by atoms with Gasteiger partial charge < -0.3 is 14.9 Å². The lowest BCUT2D eigenvalue weighted by Gasteiger charge is -2.24. The average Bonchev–Trinajstić information content (AvgIpc) is 2.67. The summed E-state index contributed by atoms with van der Waals surface area (Å²) in [5.41, 5.74) is -2.29. The van der Waals surface area contributed by atoms with Crippen molar-refractivity contribution < 1.29 is 14.9 Å². The van der Waals surface area contributed by atoms with Crippen molar-refractivity contribution in [2.75, 3.05) is 12.5 Å². The van der Waals surface area contributed by atoms with Gasteiger partial charge in [0.15, 0.2) is 6.23 Å². The van der Waals surface area contributed by atoms with Crippen molar-refractivity contribution in [1.29, 1.82) is 0 Å². The molecule has 0 amide bonds. The van der Waals surface area contributed by atoms with Crippen molar-refractivity contribution in [3.8, 4) is 0 Å². The summed E-state index contributed by atoms with van der Waals surface area (Å²) in [6, 6.07) is 1.15. The molecule has 0 unspecified atom stereocenters. The van der Waals surface area contributed by atoms with E-state index in [4.69, 9.17) is 16.3 Å². The van der Waals surface area contributed by atoms with Crippen LogP contribution in [0.15, 0.2) is 21.9 Å². The van der Waals surface area contributed by atoms with E-state index in [1.165, 1.54) is 6.20 Å². The molecule has 0 bridgehead atoms. The minimum atomic E-state index is -1.07. The van der Waals surface area contributed by atoms with Gasteiger partial charge in [0.2, 0.25) is 0 Å². The summed E-state index contributed by atoms with van der Waals surface area (Å²) in [5, 5.41) is 19.1. The standard InChI is InChI=1S/C10H13ClN2O5/c11-4-10(5-14)3-6(15)8(18-10)13-2-1-7(16)12-9(13)17/h1-2,6,8,14-15H,3-5H2,(H,12,16,17)/t6-,8+,10+/m0/s1. The molecule has 1 aliphatic heterocycles. The average molecular weight is 277 g/mol. The van der Waals surface area contributed by atoms with Crippen LogP contribution in [0.3, 0.4) is 0 Å². The van der Waals surface area contributed by atoms with Gasteiger partial charge in [-0.2, -0.15) is 0 Å². The van der Waals surface area contributed by atoms with Crippen LogP contribution in [0.25, 0.3) is 0 Å². The topological polar surface area (TPSA) is 105 Å². The van der Waals surface area contributed by atoms with E-state index in [2.05, 4.69) is 4.98 Å². The van der Waals surface area contributed by atoms with Crippen molar-refractivity contribution in [2.45, 2.75) is 24.4 Å². The van der Waals surface area contributed by atoms with E-state index in [1.807, 2.05) is 0 Å². The minimum absolute atomic E-state index is 0.00480. The second kappa shape index (κ2) is 4.85. The normalized spacial score (nSPS) is 31.7. The lowest BCUT2D eigenvalue weighted by atomic mass is 10.0. The number of aromatic amines is 1. The monoisotopic (exact) mass is 276 g/mol. The van der Waals surface area contributed by atoms with Gasteiger partial charge in [0.25, 0.3) is 5.56 Å². The van der Waals surface area contributed by atoms with Crippen molar-refractivity contribution in [1.82, 2.24) is 9.55 Å². The van der Waals surface area contributed by atoms with E-state index in [0.717, 1.165) is 10.6 Å². The molecule has 1 fully saturated rings. The third-order valence-corrected chi connectivity index (χ3v) is 3.43. The number of hydrogen-bond donors (Lipinski definition) is 3. The van der Waals surface area contributed by atoms with Gasteiger partial charge >= 0.3 is 5.69 Å². The molecule has 8 heteroatoms. The quantitative estimate of drug-likeness (QED) is 0.601. The Bertz CT molecular complexity index is 536. The van der Waals surface area contributed by atoms with Crippen LogP contribution in [0.2, 0.25) is 0 Å². The molecule has 1 aromatic rings. The number of nitrogens with one attached hydrogen (secondary N) is 1. The summed E-state index contributed by atoms with van der Waals surface area (Å²) < 4.78 is 6.54. The van der Waals surface area contributed by atoms with Crippen molar-refractivity contribution in [3.05, 3.63) is 33.1 Å². The molecule has 3 atom stereocenters. The molecule has 0 saturated carbocycles. The van der Waals surface area contributed by atoms with Gasteiger partial charge in [-0.15, -0.1) is 11.6 Å². The number of halogens is 1. The third kappa shape index (κ3) is 2.22. The molecule has 1 aliphatic rings. The van der Waals surface area contributed by atoms with E-state index in [9.17, 15) is 19.8 Å². The lowest BCUT2D eigenvalue weighted by molar-refractivity contribution is -0.0994. The highest BCUT2D eigenvalue weighted by molar-refractivity contribution is 6.18. The van der Waals surface area contributed by atoms with E-state index in [1.54, 1.807) is 0 Å². The number of aromatic nitrogens is 2. The second-order valence-electron chi connectivity index (χ2n) is 4.27. The number of nitrogens with zero attached hydrogens (tertiary/aromatic N) is 1. The summed E-state index contributed by atoms with van der Waals surface area (Å²) in [5.74, 6) is -0.00480. The van der Waals surface area contributed by atoms with Crippen LogP contribution in [0.4, 0.5) is 0 Å². The first kappa shape index (κ1) is 13.3. The van der Waals surface area contributed by atoms with Crippen molar-refractivity contribution in [3.63, 3.8) is 0 Å². The maximum Gasteiger partial charge on any atom is 0.330 e. The van der Waals surface area contributed by atoms with Crippen LogP contribution < -0.4 is 11.2 Å². The number of aliphatic hydroxyl groups excluding tert-OH is 2. The van der Waals surface area contributed by atoms with Crippen LogP contribution in [0, 0.1) is 0 Å². The summed E-state index contributed by atoms with van der Waals surface area (Å²) >= 11 is 5.71. The SMILES string of the molecule is O=c1ccn([C@@H]2O[C@@](CO)(CCl)C[C@@H]2O)c(=O)[nH]1. The summed E-state index contributed by atoms with van der Waals surface area (Å²) in [7, 11) is 0. The number of aliphatic hydroxyl groups is 2. The van der Waals surface area contributed by atoms with Gasteiger partial charge in [0.1, 0.15) is 11.7 Å². The molecule has 0 radical (unpaired) electrons. The fraction of sp³-hybridized carbons (Fsp3) is 0.600. The van der Waals surface area contributed by atoms with Gasteiger partial charge in [-0.3, -0.25) is 14.3 Å². The summed E-state index contributed by atoms with van der Waals surface area (Å²) in [6.45, 7) is -0.359. The molecular formula is C10H13ClN2O5. The maximum absolute atomic E-state index is 11.6. The molecule has 3 N–H and O–H groups in total. The molecule has 100 valence electrons. The van der Waals surface area contributed by atoms with Crippen LogP contribution in [0.1, 0.15) is 12.6 Å². The zero-order chi connectivity index (χ0) is 13.3. The molecule has 2 heterocycles. The van der Waals surface area contributed by atoms with Gasteiger partial charge in [0, 0.05) is 18.7 Å². The van der Waals surface area contributed by atoms with Crippen molar-refractivity contribution >= 4 is 11.6 Å². The van der Waals surface area contributed by atoms with Crippen LogP contribution in [0.5, 0.6) is 0 Å². The highest BCUT2D eigenvalue weighted by Crippen LogP contribution is 2.36. The molecule has 7 nitrogen and oxygen atoms in total. The Kier molecular flexibility index (Phi) is 3.58. The molecule has 18 heavy (non-hydrogen) atoms. The van der Waals surface area contributed by atoms with Gasteiger partial charge in [-0.25, -0.2) is 4.79 Å². The van der Waals surface area contributed by atoms with Crippen LogP contribution >= 0.6 is 11.6 Å². The fourth-order valence-electron chi connectivity index (χ4n) is 1.96. The number of H-pyrrole nitrogens is 1. The van der Waals surface area contributed by atoms with Gasteiger partial charge in [-0.05, 0) is 0 Å². The Morgan fingerprint density at radius 1 is 1.61 bits per heavy atom. The second-order valence-corrected chi connectivity index (χ2v) is 4.54. The Balaban J connectivity index is 2.35. The molecule has 1 aromatic heterocycles. The molecule has 0 spiro atoms. The van der Waals surface area contributed by atoms with Crippen LogP contribution in [-0.2, 0) is 4.74 Å². The largest absolute Gasteiger partial charge is 0.393 e. The van der Waals surface area contributed by atoms with Crippen LogP contribution in [-0.4, -0.2) is 44.0 Å². The predicted molar refractivity (Wildman–Crippen MR) is 62.6 cm³/mol. The fourth-order valence-corrected chi connectivity index (χ4v) is 2.22. The van der Waals surface area contributed by atoms with Gasteiger partial charge in [-0.1, -0.05) is 0 Å². The summed E-state index contributed by atoms with van der Waals surface area (Å²) in [4.78, 5) is 24.6. The maximum atomic E-state index is 11.6. The van der Waals surface area contributed by atoms with E-state index < -0.39 is 29.2 Å².